The van der Waals surface area contributed by atoms with E-state index in [1.807, 2.05) is 38.1 Å². The Balaban J connectivity index is 1.97. The Morgan fingerprint density at radius 2 is 1.90 bits per heavy atom. The molecular weight excluding hydrogens is 266 g/mol. The van der Waals surface area contributed by atoms with Crippen LogP contribution in [0.15, 0.2) is 24.3 Å². The van der Waals surface area contributed by atoms with Crippen LogP contribution in [0.25, 0.3) is 0 Å². The van der Waals surface area contributed by atoms with E-state index < -0.39 is 11.0 Å². The molecule has 1 aromatic rings. The van der Waals surface area contributed by atoms with Crippen LogP contribution in [0.3, 0.4) is 0 Å². The van der Waals surface area contributed by atoms with Crippen molar-refractivity contribution >= 4 is 0 Å². The summed E-state index contributed by atoms with van der Waals surface area (Å²) in [4.78, 5) is 0. The molecule has 3 unspecified atom stereocenters. The maximum absolute atomic E-state index is 11.2. The lowest BCUT2D eigenvalue weighted by Crippen LogP contribution is -2.59. The molecule has 0 amide bonds. The molecule has 0 aromatic heterocycles. The summed E-state index contributed by atoms with van der Waals surface area (Å²) in [6.07, 6.45) is 1.35. The van der Waals surface area contributed by atoms with Crippen molar-refractivity contribution in [3.63, 3.8) is 0 Å². The number of nitriles is 1. The highest BCUT2D eigenvalue weighted by molar-refractivity contribution is 5.39. The predicted octanol–water partition coefficient (Wildman–Crippen LogP) is 2.45. The molecule has 0 aliphatic carbocycles. The second-order valence-corrected chi connectivity index (χ2v) is 6.46. The van der Waals surface area contributed by atoms with Gasteiger partial charge < -0.3 is 14.6 Å². The van der Waals surface area contributed by atoms with Crippen LogP contribution >= 0.6 is 0 Å². The summed E-state index contributed by atoms with van der Waals surface area (Å²) in [5, 5.41) is 21.1. The normalized spacial score (nSPS) is 39.0. The lowest BCUT2D eigenvalue weighted by atomic mass is 9.63. The van der Waals surface area contributed by atoms with E-state index in [0.29, 0.717) is 19.3 Å². The van der Waals surface area contributed by atoms with E-state index in [1.54, 1.807) is 0 Å². The van der Waals surface area contributed by atoms with Gasteiger partial charge in [0.1, 0.15) is 17.8 Å². The Morgan fingerprint density at radius 1 is 1.24 bits per heavy atom. The monoisotopic (exact) mass is 287 g/mol. The molecule has 2 aliphatic heterocycles. The SMILES string of the molecule is CC1CC(O)(C2(C#N)COc3ccccc3C2)CC(C)O1. The minimum Gasteiger partial charge on any atom is -0.492 e. The van der Waals surface area contributed by atoms with Crippen molar-refractivity contribution in [3.05, 3.63) is 29.8 Å². The molecule has 1 saturated heterocycles. The topological polar surface area (TPSA) is 62.5 Å². The molecule has 0 bridgehead atoms. The van der Waals surface area contributed by atoms with Crippen LogP contribution in [0, 0.1) is 16.7 Å². The van der Waals surface area contributed by atoms with Crippen LogP contribution in [0.5, 0.6) is 5.75 Å². The number of aliphatic hydroxyl groups is 1. The van der Waals surface area contributed by atoms with Gasteiger partial charge in [-0.25, -0.2) is 0 Å². The Hall–Kier alpha value is -1.57. The number of hydrogen-bond acceptors (Lipinski definition) is 4. The van der Waals surface area contributed by atoms with Crippen molar-refractivity contribution in [2.45, 2.75) is 50.9 Å². The first-order valence-corrected chi connectivity index (χ1v) is 7.48. The molecule has 1 aromatic carbocycles. The first kappa shape index (κ1) is 14.4. The third-order valence-electron chi connectivity index (χ3n) is 4.76. The van der Waals surface area contributed by atoms with Gasteiger partial charge >= 0.3 is 0 Å². The fourth-order valence-electron chi connectivity index (χ4n) is 3.76. The molecule has 1 fully saturated rings. The average molecular weight is 287 g/mol. The van der Waals surface area contributed by atoms with Crippen LogP contribution in [-0.4, -0.2) is 29.5 Å². The summed E-state index contributed by atoms with van der Waals surface area (Å²) in [5.41, 5.74) is -0.995. The summed E-state index contributed by atoms with van der Waals surface area (Å²) in [6.45, 7) is 4.13. The highest BCUT2D eigenvalue weighted by Gasteiger charge is 2.56. The van der Waals surface area contributed by atoms with Gasteiger partial charge in [-0.05, 0) is 25.5 Å². The van der Waals surface area contributed by atoms with E-state index in [4.69, 9.17) is 9.47 Å². The van der Waals surface area contributed by atoms with Crippen LogP contribution in [0.4, 0.5) is 0 Å². The molecule has 3 rings (SSSR count). The Morgan fingerprint density at radius 3 is 2.57 bits per heavy atom. The second-order valence-electron chi connectivity index (χ2n) is 6.46. The van der Waals surface area contributed by atoms with Gasteiger partial charge in [0.2, 0.25) is 0 Å². The third kappa shape index (κ3) is 2.31. The highest BCUT2D eigenvalue weighted by Crippen LogP contribution is 2.47. The molecule has 21 heavy (non-hydrogen) atoms. The van der Waals surface area contributed by atoms with Gasteiger partial charge in [-0.3, -0.25) is 0 Å². The fraction of sp³-hybridized carbons (Fsp3) is 0.588. The van der Waals surface area contributed by atoms with Gasteiger partial charge in [-0.15, -0.1) is 0 Å². The van der Waals surface area contributed by atoms with E-state index in [1.165, 1.54) is 0 Å². The Kier molecular flexibility index (Phi) is 3.43. The highest BCUT2D eigenvalue weighted by atomic mass is 16.5. The van der Waals surface area contributed by atoms with Crippen molar-refractivity contribution in [1.82, 2.24) is 0 Å². The summed E-state index contributed by atoms with van der Waals surface area (Å²) < 4.78 is 11.5. The maximum atomic E-state index is 11.2. The molecule has 4 heteroatoms. The zero-order valence-electron chi connectivity index (χ0n) is 12.5. The minimum absolute atomic E-state index is 0.0545. The van der Waals surface area contributed by atoms with Crippen LogP contribution < -0.4 is 4.74 Å². The van der Waals surface area contributed by atoms with E-state index in [2.05, 4.69) is 6.07 Å². The number of benzene rings is 1. The first-order valence-electron chi connectivity index (χ1n) is 7.48. The number of nitrogens with zero attached hydrogens (tertiary/aromatic N) is 1. The summed E-state index contributed by atoms with van der Waals surface area (Å²) in [5.74, 6) is 0.820. The van der Waals surface area contributed by atoms with Crippen LogP contribution in [-0.2, 0) is 11.2 Å². The van der Waals surface area contributed by atoms with Gasteiger partial charge in [-0.2, -0.15) is 5.26 Å². The molecule has 112 valence electrons. The van der Waals surface area contributed by atoms with E-state index in [-0.39, 0.29) is 18.8 Å². The average Bonchev–Trinajstić information content (AvgIpc) is 2.45. The van der Waals surface area contributed by atoms with E-state index >= 15 is 0 Å². The smallest absolute Gasteiger partial charge is 0.124 e. The number of ether oxygens (including phenoxy) is 2. The number of hydrogen-bond donors (Lipinski definition) is 1. The number of para-hydroxylation sites is 1. The summed E-state index contributed by atoms with van der Waals surface area (Å²) in [6, 6.07) is 10.1. The largest absolute Gasteiger partial charge is 0.492 e. The molecule has 4 nitrogen and oxygen atoms in total. The molecular formula is C17H21NO3. The minimum atomic E-state index is -1.08. The van der Waals surface area contributed by atoms with Gasteiger partial charge in [0.25, 0.3) is 0 Å². The van der Waals surface area contributed by atoms with Crippen molar-refractivity contribution in [1.29, 1.82) is 5.26 Å². The molecule has 2 heterocycles. The Bertz CT molecular complexity index is 570. The molecule has 0 saturated carbocycles. The number of rotatable bonds is 1. The maximum Gasteiger partial charge on any atom is 0.124 e. The quantitative estimate of drug-likeness (QED) is 0.862. The first-order chi connectivity index (χ1) is 9.98. The van der Waals surface area contributed by atoms with Crippen LogP contribution in [0.1, 0.15) is 32.3 Å². The molecule has 0 spiro atoms. The van der Waals surface area contributed by atoms with Crippen molar-refractivity contribution in [2.24, 2.45) is 5.41 Å². The zero-order valence-corrected chi connectivity index (χ0v) is 12.5. The molecule has 2 aliphatic rings. The second kappa shape index (κ2) is 5.01. The van der Waals surface area contributed by atoms with Gasteiger partial charge in [-0.1, -0.05) is 18.2 Å². The van der Waals surface area contributed by atoms with Gasteiger partial charge in [0, 0.05) is 19.3 Å². The molecule has 3 atom stereocenters. The van der Waals surface area contributed by atoms with Crippen molar-refractivity contribution in [3.8, 4) is 11.8 Å². The predicted molar refractivity (Wildman–Crippen MR) is 77.9 cm³/mol. The summed E-state index contributed by atoms with van der Waals surface area (Å²) in [7, 11) is 0. The third-order valence-corrected chi connectivity index (χ3v) is 4.76. The lowest BCUT2D eigenvalue weighted by molar-refractivity contribution is -0.181. The van der Waals surface area contributed by atoms with Crippen molar-refractivity contribution in [2.75, 3.05) is 6.61 Å². The standard InChI is InChI=1S/C17H21NO3/c1-12-7-17(19,8-13(2)21-12)16(10-18)9-14-5-3-4-6-15(14)20-11-16/h3-6,12-13,19H,7-9,11H2,1-2H3. The number of fused-ring (bicyclic) bond motifs is 1. The van der Waals surface area contributed by atoms with Crippen LogP contribution in [0.2, 0.25) is 0 Å². The van der Waals surface area contributed by atoms with E-state index in [9.17, 15) is 10.4 Å². The molecule has 1 N–H and O–H groups in total. The molecule has 0 radical (unpaired) electrons. The van der Waals surface area contributed by atoms with Crippen molar-refractivity contribution < 1.29 is 14.6 Å². The summed E-state index contributed by atoms with van der Waals surface area (Å²) >= 11 is 0. The lowest BCUT2D eigenvalue weighted by Gasteiger charge is -2.49. The zero-order chi connectivity index (χ0) is 15.1. The fourth-order valence-corrected chi connectivity index (χ4v) is 3.76. The Labute approximate surface area is 125 Å². The van der Waals surface area contributed by atoms with E-state index in [0.717, 1.165) is 11.3 Å². The van der Waals surface area contributed by atoms with Gasteiger partial charge in [0.15, 0.2) is 0 Å². The van der Waals surface area contributed by atoms with Gasteiger partial charge in [0.05, 0.1) is 23.9 Å².